The lowest BCUT2D eigenvalue weighted by Gasteiger charge is -2.30. The van der Waals surface area contributed by atoms with Gasteiger partial charge in [0.15, 0.2) is 11.5 Å². The van der Waals surface area contributed by atoms with Crippen molar-refractivity contribution in [3.8, 4) is 11.5 Å². The number of aliphatic hydroxyl groups is 1. The smallest absolute Gasteiger partial charge is 0.337 e. The second-order valence-electron chi connectivity index (χ2n) is 5.91. The zero-order valence-electron chi connectivity index (χ0n) is 14.5. The standard InChI is InChI=1S/C18H20O9/c1-25-17(23)13-9-27-18(24)12(8-19)11(13)7-16(22)26-5-4-10-2-3-14(20)15(21)6-10/h2-3,6,8-9,11-12,18,20-21,24H,4-5,7H2,1H3. The maximum Gasteiger partial charge on any atom is 0.337 e. The number of ether oxygens (including phenoxy) is 3. The van der Waals surface area contributed by atoms with Crippen molar-refractivity contribution in [2.75, 3.05) is 13.7 Å². The van der Waals surface area contributed by atoms with Crippen LogP contribution in [-0.4, -0.2) is 53.6 Å². The molecule has 9 nitrogen and oxygen atoms in total. The van der Waals surface area contributed by atoms with Crippen LogP contribution in [0.3, 0.4) is 0 Å². The van der Waals surface area contributed by atoms with Gasteiger partial charge in [0.05, 0.1) is 37.9 Å². The van der Waals surface area contributed by atoms with Crippen LogP contribution in [0.25, 0.3) is 0 Å². The van der Waals surface area contributed by atoms with E-state index in [0.717, 1.165) is 13.4 Å². The molecule has 1 aliphatic rings. The number of phenolic OH excluding ortho intramolecular Hbond substituents is 2. The first-order valence-corrected chi connectivity index (χ1v) is 8.11. The highest BCUT2D eigenvalue weighted by Crippen LogP contribution is 2.32. The largest absolute Gasteiger partial charge is 0.504 e. The summed E-state index contributed by atoms with van der Waals surface area (Å²) in [6, 6.07) is 4.23. The van der Waals surface area contributed by atoms with Gasteiger partial charge in [-0.3, -0.25) is 4.79 Å². The first-order chi connectivity index (χ1) is 12.9. The van der Waals surface area contributed by atoms with Gasteiger partial charge in [-0.2, -0.15) is 0 Å². The van der Waals surface area contributed by atoms with Gasteiger partial charge >= 0.3 is 11.9 Å². The number of methoxy groups -OCH3 is 1. The van der Waals surface area contributed by atoms with Crippen molar-refractivity contribution < 1.29 is 43.9 Å². The van der Waals surface area contributed by atoms with Gasteiger partial charge in [0, 0.05) is 12.3 Å². The normalized spacial score (nSPS) is 21.6. The van der Waals surface area contributed by atoms with Crippen LogP contribution in [0, 0.1) is 11.8 Å². The van der Waals surface area contributed by atoms with Crippen LogP contribution >= 0.6 is 0 Å². The Bertz CT molecular complexity index is 740. The fourth-order valence-corrected chi connectivity index (χ4v) is 2.70. The molecular formula is C18H20O9. The number of aliphatic hydroxyl groups excluding tert-OH is 1. The van der Waals surface area contributed by atoms with Crippen molar-refractivity contribution in [2.45, 2.75) is 19.1 Å². The average Bonchev–Trinajstić information content (AvgIpc) is 2.64. The van der Waals surface area contributed by atoms with Crippen molar-refractivity contribution in [2.24, 2.45) is 11.8 Å². The van der Waals surface area contributed by atoms with E-state index in [0.29, 0.717) is 11.8 Å². The zero-order valence-corrected chi connectivity index (χ0v) is 14.5. The molecule has 0 saturated carbocycles. The van der Waals surface area contributed by atoms with Gasteiger partial charge in [-0.1, -0.05) is 6.07 Å². The van der Waals surface area contributed by atoms with E-state index in [1.807, 2.05) is 0 Å². The summed E-state index contributed by atoms with van der Waals surface area (Å²) in [5.41, 5.74) is 0.598. The summed E-state index contributed by atoms with van der Waals surface area (Å²) < 4.78 is 14.6. The number of phenols is 2. The molecule has 1 aromatic rings. The Morgan fingerprint density at radius 1 is 1.26 bits per heavy atom. The van der Waals surface area contributed by atoms with E-state index < -0.39 is 30.1 Å². The van der Waals surface area contributed by atoms with E-state index in [2.05, 4.69) is 4.74 Å². The van der Waals surface area contributed by atoms with Crippen LogP contribution in [0.15, 0.2) is 30.0 Å². The van der Waals surface area contributed by atoms with E-state index >= 15 is 0 Å². The molecule has 1 aliphatic heterocycles. The molecule has 0 spiro atoms. The summed E-state index contributed by atoms with van der Waals surface area (Å²) in [5, 5.41) is 28.4. The fraction of sp³-hybridized carbons (Fsp3) is 0.389. The van der Waals surface area contributed by atoms with Crippen LogP contribution < -0.4 is 0 Å². The first-order valence-electron chi connectivity index (χ1n) is 8.11. The van der Waals surface area contributed by atoms with Crippen molar-refractivity contribution in [3.63, 3.8) is 0 Å². The summed E-state index contributed by atoms with van der Waals surface area (Å²) in [5.74, 6) is -4.05. The van der Waals surface area contributed by atoms with Gasteiger partial charge in [0.2, 0.25) is 6.29 Å². The Balaban J connectivity index is 1.97. The minimum atomic E-state index is -1.48. The van der Waals surface area contributed by atoms with E-state index in [1.165, 1.54) is 12.1 Å². The second kappa shape index (κ2) is 9.04. The number of esters is 2. The van der Waals surface area contributed by atoms with Crippen LogP contribution in [-0.2, 0) is 35.0 Å². The molecule has 3 atom stereocenters. The molecule has 0 aliphatic carbocycles. The molecule has 0 amide bonds. The number of hydrogen-bond acceptors (Lipinski definition) is 9. The highest BCUT2D eigenvalue weighted by molar-refractivity contribution is 5.90. The third-order valence-corrected chi connectivity index (χ3v) is 4.19. The molecule has 3 unspecified atom stereocenters. The third kappa shape index (κ3) is 4.98. The SMILES string of the molecule is COC(=O)C1=COC(O)C(C=O)C1CC(=O)OCCc1ccc(O)c(O)c1. The van der Waals surface area contributed by atoms with Crippen LogP contribution in [0.2, 0.25) is 0 Å². The van der Waals surface area contributed by atoms with Gasteiger partial charge in [0.25, 0.3) is 0 Å². The quantitative estimate of drug-likeness (QED) is 0.348. The van der Waals surface area contributed by atoms with E-state index in [1.54, 1.807) is 6.07 Å². The Hall–Kier alpha value is -3.07. The van der Waals surface area contributed by atoms with Gasteiger partial charge in [-0.25, -0.2) is 4.79 Å². The van der Waals surface area contributed by atoms with E-state index in [-0.39, 0.29) is 36.5 Å². The highest BCUT2D eigenvalue weighted by atomic mass is 16.6. The fourth-order valence-electron chi connectivity index (χ4n) is 2.70. The number of rotatable bonds is 7. The number of carbonyl (C=O) groups is 3. The van der Waals surface area contributed by atoms with Crippen LogP contribution in [0.4, 0.5) is 0 Å². The van der Waals surface area contributed by atoms with Crippen molar-refractivity contribution in [1.82, 2.24) is 0 Å². The van der Waals surface area contributed by atoms with Gasteiger partial charge < -0.3 is 34.3 Å². The van der Waals surface area contributed by atoms with E-state index in [4.69, 9.17) is 9.47 Å². The number of hydrogen-bond donors (Lipinski definition) is 3. The van der Waals surface area contributed by atoms with Crippen molar-refractivity contribution in [3.05, 3.63) is 35.6 Å². The molecule has 9 heteroatoms. The molecule has 27 heavy (non-hydrogen) atoms. The summed E-state index contributed by atoms with van der Waals surface area (Å²) >= 11 is 0. The molecule has 0 fully saturated rings. The molecule has 3 N–H and O–H groups in total. The number of aromatic hydroxyl groups is 2. The lowest BCUT2D eigenvalue weighted by Crippen LogP contribution is -2.38. The second-order valence-corrected chi connectivity index (χ2v) is 5.91. The van der Waals surface area contributed by atoms with Gasteiger partial charge in [-0.15, -0.1) is 0 Å². The van der Waals surface area contributed by atoms with E-state index in [9.17, 15) is 29.7 Å². The lowest BCUT2D eigenvalue weighted by molar-refractivity contribution is -0.154. The predicted molar refractivity (Wildman–Crippen MR) is 89.3 cm³/mol. The maximum absolute atomic E-state index is 12.1. The molecular weight excluding hydrogens is 360 g/mol. The Morgan fingerprint density at radius 3 is 2.63 bits per heavy atom. The monoisotopic (exact) mass is 380 g/mol. The van der Waals surface area contributed by atoms with Crippen molar-refractivity contribution in [1.29, 1.82) is 0 Å². The summed E-state index contributed by atoms with van der Waals surface area (Å²) in [6.07, 6.45) is -0.127. The Kier molecular flexibility index (Phi) is 6.78. The Morgan fingerprint density at radius 2 is 2.00 bits per heavy atom. The molecule has 1 aromatic carbocycles. The van der Waals surface area contributed by atoms with Crippen LogP contribution in [0.1, 0.15) is 12.0 Å². The number of benzene rings is 1. The summed E-state index contributed by atoms with van der Waals surface area (Å²) in [7, 11) is 1.15. The summed E-state index contributed by atoms with van der Waals surface area (Å²) in [4.78, 5) is 35.2. The lowest BCUT2D eigenvalue weighted by atomic mass is 9.82. The molecule has 0 aromatic heterocycles. The first kappa shape index (κ1) is 20.2. The number of carbonyl (C=O) groups excluding carboxylic acids is 3. The minimum absolute atomic E-state index is 0.0160. The van der Waals surface area contributed by atoms with Gasteiger partial charge in [0.1, 0.15) is 6.29 Å². The maximum atomic E-state index is 12.1. The molecule has 2 rings (SSSR count). The van der Waals surface area contributed by atoms with Gasteiger partial charge in [-0.05, 0) is 17.7 Å². The molecule has 146 valence electrons. The average molecular weight is 380 g/mol. The topological polar surface area (TPSA) is 140 Å². The molecule has 1 heterocycles. The highest BCUT2D eigenvalue weighted by Gasteiger charge is 2.40. The third-order valence-electron chi connectivity index (χ3n) is 4.19. The molecule has 0 bridgehead atoms. The Labute approximate surface area is 154 Å². The minimum Gasteiger partial charge on any atom is -0.504 e. The van der Waals surface area contributed by atoms with Crippen molar-refractivity contribution >= 4 is 18.2 Å². The summed E-state index contributed by atoms with van der Waals surface area (Å²) in [6.45, 7) is -0.0160. The zero-order chi connectivity index (χ0) is 20.0. The predicted octanol–water partition coefficient (Wildman–Crippen LogP) is 0.410. The number of aldehydes is 1. The molecule has 0 saturated heterocycles. The molecule has 0 radical (unpaired) electrons. The van der Waals surface area contributed by atoms with Crippen LogP contribution in [0.5, 0.6) is 11.5 Å².